The summed E-state index contributed by atoms with van der Waals surface area (Å²) in [4.78, 5) is 44.4. The topological polar surface area (TPSA) is 269 Å². The summed E-state index contributed by atoms with van der Waals surface area (Å²) in [6, 6.07) is 9.66. The molecule has 10 rings (SSSR count). The molecule has 2 aromatic carbocycles. The molecule has 0 saturated carbocycles. The number of nitrogens with zero attached hydrogens (tertiary/aromatic N) is 8. The summed E-state index contributed by atoms with van der Waals surface area (Å²) < 4.78 is 38.3. The number of ether oxygens (including phenoxy) is 6. The van der Waals surface area contributed by atoms with Crippen molar-refractivity contribution >= 4 is 103 Å². The third-order valence-corrected chi connectivity index (χ3v) is 16.0. The molecule has 8 heterocycles. The van der Waals surface area contributed by atoms with Crippen LogP contribution >= 0.6 is 46.4 Å². The zero-order valence-electron chi connectivity index (χ0n) is 47.1. The number of methoxy groups -OCH3 is 3. The van der Waals surface area contributed by atoms with E-state index >= 15 is 0 Å². The lowest BCUT2D eigenvalue weighted by Gasteiger charge is -2.32. The molecule has 0 spiro atoms. The smallest absolute Gasteiger partial charge is 0.243 e. The Labute approximate surface area is 514 Å². The monoisotopic (exact) mass is 1250 g/mol. The van der Waals surface area contributed by atoms with Gasteiger partial charge in [-0.05, 0) is 49.3 Å². The van der Waals surface area contributed by atoms with Gasteiger partial charge in [0.05, 0.1) is 122 Å². The predicted molar refractivity (Wildman–Crippen MR) is 331 cm³/mol. The fourth-order valence-corrected chi connectivity index (χ4v) is 11.5. The van der Waals surface area contributed by atoms with Gasteiger partial charge < -0.3 is 65.4 Å². The molecule has 0 bridgehead atoms. The molecule has 7 N–H and O–H groups in total. The van der Waals surface area contributed by atoms with E-state index < -0.39 is 0 Å². The number of carbonyl (C=O) groups is 2. The summed E-state index contributed by atoms with van der Waals surface area (Å²) in [5.74, 6) is 2.76. The molecule has 0 aliphatic carbocycles. The number of aliphatic hydroxyl groups excluding tert-OH is 1. The van der Waals surface area contributed by atoms with Crippen LogP contribution in [0.15, 0.2) is 98.9 Å². The summed E-state index contributed by atoms with van der Waals surface area (Å²) in [6.07, 6.45) is 14.3. The van der Waals surface area contributed by atoms with Crippen molar-refractivity contribution < 1.29 is 43.1 Å². The number of nitrogens with one attached hydrogen (secondary N) is 6. The molecule has 27 heteroatoms. The van der Waals surface area contributed by atoms with Crippen molar-refractivity contribution in [2.24, 2.45) is 0 Å². The number of amides is 2. The van der Waals surface area contributed by atoms with Crippen LogP contribution in [0.1, 0.15) is 24.0 Å². The summed E-state index contributed by atoms with van der Waals surface area (Å²) in [7, 11) is 4.51. The van der Waals surface area contributed by atoms with Gasteiger partial charge in [-0.15, -0.1) is 0 Å². The van der Waals surface area contributed by atoms with Crippen LogP contribution in [0, 0.1) is 0 Å². The summed E-state index contributed by atoms with van der Waals surface area (Å²) in [6.45, 7) is 10.2. The Morgan fingerprint density at radius 3 is 1.51 bits per heavy atom. The predicted octanol–water partition coefficient (Wildman–Crippen LogP) is 8.98. The van der Waals surface area contributed by atoms with Gasteiger partial charge >= 0.3 is 0 Å². The second-order valence-corrected chi connectivity index (χ2v) is 21.5. The number of pyridine rings is 4. The number of benzene rings is 2. The van der Waals surface area contributed by atoms with Gasteiger partial charge in [0, 0.05) is 107 Å². The van der Waals surface area contributed by atoms with Crippen LogP contribution in [-0.4, -0.2) is 142 Å². The van der Waals surface area contributed by atoms with Gasteiger partial charge in [-0.1, -0.05) is 59.6 Å². The number of rotatable bonds is 25. The zero-order valence-corrected chi connectivity index (χ0v) is 50.1. The standard InChI is InChI=1S/C59H62Cl4N14O9/c1-6-50(79)72-38-8-13-84-30-42(38)70-48-18-36-34(26-64-48)16-40(52-54(60)44(81-3)20-45(82-4)55(52)61)74-58(36)67-23-33-25-69-77(29-33)11-15-86-47-21-46(83-5)56(62)53(57(47)63)41-17-35-27-65-49(71-43-31-85-14-9-39(43)73-51(80)7-2)19-37(35)59(75-41)66-22-32-24-68-76(28-32)10-12-78/h6-7,16-21,24-29,38-39,42-43,78H,1-2,8-15,22-23,30-31H2,3-5H3,(H,64,70)(H,65,71)(H,66,75)(H,67,74)(H,72,79)(H,73,80)/t38-,39-,42+,43+/m0/s1. The van der Waals surface area contributed by atoms with E-state index in [-0.39, 0.29) is 75.8 Å². The maximum Gasteiger partial charge on any atom is 0.243 e. The number of fused-ring (bicyclic) bond motifs is 2. The molecule has 86 heavy (non-hydrogen) atoms. The summed E-state index contributed by atoms with van der Waals surface area (Å²) >= 11 is 28.2. The Kier molecular flexibility index (Phi) is 19.8. The van der Waals surface area contributed by atoms with E-state index in [4.69, 9.17) is 94.8 Å². The maximum absolute atomic E-state index is 12.3. The quantitative estimate of drug-likeness (QED) is 0.0263. The Balaban J connectivity index is 0.895. The highest BCUT2D eigenvalue weighted by Crippen LogP contribution is 2.48. The van der Waals surface area contributed by atoms with E-state index in [0.29, 0.717) is 138 Å². The van der Waals surface area contributed by atoms with E-state index in [1.165, 1.54) is 33.5 Å². The van der Waals surface area contributed by atoms with Crippen molar-refractivity contribution in [1.29, 1.82) is 0 Å². The fourth-order valence-electron chi connectivity index (χ4n) is 10.1. The van der Waals surface area contributed by atoms with E-state index in [0.717, 1.165) is 21.9 Å². The minimum atomic E-state index is -0.280. The van der Waals surface area contributed by atoms with Crippen molar-refractivity contribution in [2.45, 2.75) is 63.2 Å². The largest absolute Gasteiger partial charge is 0.495 e. The molecule has 2 aliphatic rings. The second kappa shape index (κ2) is 27.9. The zero-order chi connectivity index (χ0) is 60.4. The van der Waals surface area contributed by atoms with Gasteiger partial charge in [-0.2, -0.15) is 10.2 Å². The number of hydrogen-bond donors (Lipinski definition) is 7. The van der Waals surface area contributed by atoms with Crippen LogP contribution in [0.4, 0.5) is 23.3 Å². The molecule has 0 radical (unpaired) electrons. The number of aliphatic hydroxyl groups is 1. The van der Waals surface area contributed by atoms with Gasteiger partial charge in [0.25, 0.3) is 0 Å². The van der Waals surface area contributed by atoms with Crippen molar-refractivity contribution in [1.82, 2.24) is 50.1 Å². The van der Waals surface area contributed by atoms with Gasteiger partial charge in [0.15, 0.2) is 0 Å². The highest BCUT2D eigenvalue weighted by molar-refractivity contribution is 6.42. The molecule has 23 nitrogen and oxygen atoms in total. The lowest BCUT2D eigenvalue weighted by Crippen LogP contribution is -2.52. The highest BCUT2D eigenvalue weighted by atomic mass is 35.5. The second-order valence-electron chi connectivity index (χ2n) is 20.0. The Bertz CT molecular complexity index is 3780. The lowest BCUT2D eigenvalue weighted by molar-refractivity contribution is -0.118. The van der Waals surface area contributed by atoms with Crippen LogP contribution in [0.5, 0.6) is 23.0 Å². The van der Waals surface area contributed by atoms with E-state index in [1.807, 2.05) is 36.7 Å². The average Bonchev–Trinajstić information content (AvgIpc) is 1.33. The van der Waals surface area contributed by atoms with Gasteiger partial charge in [0.2, 0.25) is 11.8 Å². The molecule has 450 valence electrons. The van der Waals surface area contributed by atoms with Crippen LogP contribution in [-0.2, 0) is 45.2 Å². The third-order valence-electron chi connectivity index (χ3n) is 14.5. The average molecular weight is 1250 g/mol. The van der Waals surface area contributed by atoms with Crippen LogP contribution in [0.3, 0.4) is 0 Å². The van der Waals surface area contributed by atoms with Crippen LogP contribution in [0.2, 0.25) is 20.1 Å². The number of aromatic nitrogens is 8. The first-order valence-corrected chi connectivity index (χ1v) is 28.9. The van der Waals surface area contributed by atoms with E-state index in [9.17, 15) is 14.7 Å². The molecule has 6 aromatic heterocycles. The normalized spacial score (nSPS) is 16.7. The Hall–Kier alpha value is -8.16. The van der Waals surface area contributed by atoms with E-state index in [2.05, 4.69) is 55.3 Å². The van der Waals surface area contributed by atoms with Crippen molar-refractivity contribution in [3.63, 3.8) is 0 Å². The number of anilines is 4. The molecule has 8 aromatic rings. The Morgan fingerprint density at radius 1 is 0.628 bits per heavy atom. The molecule has 2 aliphatic heterocycles. The van der Waals surface area contributed by atoms with Crippen molar-refractivity contribution in [2.75, 3.05) is 82.2 Å². The molecule has 2 amide bonds. The van der Waals surface area contributed by atoms with Gasteiger partial charge in [0.1, 0.15) is 52.9 Å². The van der Waals surface area contributed by atoms with Gasteiger partial charge in [-0.25, -0.2) is 19.9 Å². The molecule has 2 saturated heterocycles. The summed E-state index contributed by atoms with van der Waals surface area (Å²) in [5.41, 5.74) is 3.26. The van der Waals surface area contributed by atoms with Crippen LogP contribution in [0.25, 0.3) is 44.1 Å². The van der Waals surface area contributed by atoms with E-state index in [1.54, 1.807) is 46.3 Å². The van der Waals surface area contributed by atoms with Crippen LogP contribution < -0.4 is 50.8 Å². The van der Waals surface area contributed by atoms with Crippen molar-refractivity contribution in [3.8, 4) is 45.5 Å². The minimum absolute atomic E-state index is 0.0593. The number of halogens is 4. The molecule has 2 fully saturated rings. The number of hydrogen-bond acceptors (Lipinski definition) is 19. The minimum Gasteiger partial charge on any atom is -0.495 e. The fraction of sp³-hybridized carbons (Fsp3) is 0.322. The molecular weight excluding hydrogens is 1190 g/mol. The molecular formula is C59H62Cl4N14O9. The molecule has 4 atom stereocenters. The highest BCUT2D eigenvalue weighted by Gasteiger charge is 2.30. The Morgan fingerprint density at radius 2 is 1.07 bits per heavy atom. The van der Waals surface area contributed by atoms with Crippen molar-refractivity contribution in [3.05, 3.63) is 130 Å². The first-order chi connectivity index (χ1) is 41.8. The summed E-state index contributed by atoms with van der Waals surface area (Å²) in [5, 5.41) is 42.1. The van der Waals surface area contributed by atoms with Gasteiger partial charge in [-0.3, -0.25) is 19.0 Å². The first-order valence-electron chi connectivity index (χ1n) is 27.3. The lowest BCUT2D eigenvalue weighted by atomic mass is 10.0. The molecule has 0 unspecified atom stereocenters. The maximum atomic E-state index is 12.3. The first kappa shape index (κ1) is 60.9. The number of carbonyl (C=O) groups excluding carboxylic acids is 2. The third kappa shape index (κ3) is 13.9. The SMILES string of the molecule is C=CC(=O)N[C@H]1CCOC[C@H]1Nc1cc2c(NCc3cnn(CCOc4cc(OC)c(Cl)c(-c5cc6cnc(N[C@@H]7COCC[C@@H]7NC(=O)C=C)cc6c(NCc6cnn(CCO)c6)n5)c4Cl)c3)nc(-c3c(Cl)c(OC)cc(OC)c3Cl)cc2cn1.